The van der Waals surface area contributed by atoms with Crippen LogP contribution in [-0.2, 0) is 0 Å². The van der Waals surface area contributed by atoms with Crippen LogP contribution < -0.4 is 5.32 Å². The first kappa shape index (κ1) is 17.3. The molecule has 0 saturated heterocycles. The zero-order valence-corrected chi connectivity index (χ0v) is 15.5. The fourth-order valence-electron chi connectivity index (χ4n) is 3.12. The number of anilines is 2. The minimum Gasteiger partial charge on any atom is -0.354 e. The monoisotopic (exact) mass is 372 g/mol. The van der Waals surface area contributed by atoms with Gasteiger partial charge in [-0.25, -0.2) is 0 Å². The molecule has 1 N–H and O–H groups in total. The van der Waals surface area contributed by atoms with E-state index in [4.69, 9.17) is 11.6 Å². The second-order valence-corrected chi connectivity index (χ2v) is 6.78. The lowest BCUT2D eigenvalue weighted by atomic mass is 9.99. The molecule has 27 heavy (non-hydrogen) atoms. The van der Waals surface area contributed by atoms with E-state index in [-0.39, 0.29) is 5.78 Å². The fourth-order valence-corrected chi connectivity index (χ4v) is 3.39. The number of fused-ring (bicyclic) bond motifs is 1. The molecule has 0 radical (unpaired) electrons. The van der Waals surface area contributed by atoms with Gasteiger partial charge in [0.15, 0.2) is 5.78 Å². The largest absolute Gasteiger partial charge is 0.354 e. The summed E-state index contributed by atoms with van der Waals surface area (Å²) in [5.74, 6) is -0.0727. The molecule has 0 aliphatic rings. The summed E-state index contributed by atoms with van der Waals surface area (Å²) < 4.78 is 0. The molecule has 3 aromatic carbocycles. The lowest BCUT2D eigenvalue weighted by Crippen LogP contribution is -2.04. The molecule has 0 aliphatic heterocycles. The Balaban J connectivity index is 1.66. The number of nitrogens with zero attached hydrogens (tertiary/aromatic N) is 1. The van der Waals surface area contributed by atoms with Crippen molar-refractivity contribution in [2.24, 2.45) is 0 Å². The van der Waals surface area contributed by atoms with Gasteiger partial charge in [0.1, 0.15) is 0 Å². The first-order valence-electron chi connectivity index (χ1n) is 8.63. The summed E-state index contributed by atoms with van der Waals surface area (Å²) >= 11 is 6.43. The Bertz CT molecular complexity index is 1150. The predicted molar refractivity (Wildman–Crippen MR) is 111 cm³/mol. The summed E-state index contributed by atoms with van der Waals surface area (Å²) in [6.07, 6.45) is 3.61. The lowest BCUT2D eigenvalue weighted by Gasteiger charge is -2.12. The minimum atomic E-state index is -0.0727. The zero-order chi connectivity index (χ0) is 18.8. The van der Waals surface area contributed by atoms with Gasteiger partial charge < -0.3 is 5.32 Å². The highest BCUT2D eigenvalue weighted by Gasteiger charge is 2.15. The number of hydrogen-bond donors (Lipinski definition) is 1. The Hall–Kier alpha value is -3.17. The quantitative estimate of drug-likeness (QED) is 0.435. The van der Waals surface area contributed by atoms with Crippen LogP contribution >= 0.6 is 11.6 Å². The summed E-state index contributed by atoms with van der Waals surface area (Å²) in [6, 6.07) is 20.9. The number of carbonyl (C=O) groups is 1. The van der Waals surface area contributed by atoms with E-state index in [0.29, 0.717) is 16.1 Å². The van der Waals surface area contributed by atoms with Crippen LogP contribution in [0.2, 0.25) is 5.02 Å². The molecular weight excluding hydrogens is 356 g/mol. The zero-order valence-electron chi connectivity index (χ0n) is 14.7. The van der Waals surface area contributed by atoms with Gasteiger partial charge in [-0.15, -0.1) is 0 Å². The van der Waals surface area contributed by atoms with Crippen LogP contribution in [0.5, 0.6) is 0 Å². The third-order valence-corrected chi connectivity index (χ3v) is 4.86. The number of aromatic nitrogens is 1. The van der Waals surface area contributed by atoms with Gasteiger partial charge in [-0.3, -0.25) is 9.78 Å². The van der Waals surface area contributed by atoms with Crippen molar-refractivity contribution < 1.29 is 4.79 Å². The predicted octanol–water partition coefficient (Wildman–Crippen LogP) is 6.17. The van der Waals surface area contributed by atoms with E-state index in [1.54, 1.807) is 18.3 Å². The molecule has 3 nitrogen and oxygen atoms in total. The number of halogens is 1. The van der Waals surface area contributed by atoms with Crippen molar-refractivity contribution in [2.75, 3.05) is 5.32 Å². The van der Waals surface area contributed by atoms with Gasteiger partial charge in [-0.2, -0.15) is 0 Å². The van der Waals surface area contributed by atoms with Crippen molar-refractivity contribution in [2.45, 2.75) is 6.92 Å². The van der Waals surface area contributed by atoms with Crippen LogP contribution in [0.25, 0.3) is 10.8 Å². The fraction of sp³-hybridized carbons (Fsp3) is 0.0435. The second kappa shape index (κ2) is 7.22. The molecule has 0 atom stereocenters. The van der Waals surface area contributed by atoms with Crippen molar-refractivity contribution in [3.8, 4) is 0 Å². The van der Waals surface area contributed by atoms with E-state index < -0.39 is 0 Å². The molecule has 4 aromatic rings. The van der Waals surface area contributed by atoms with Crippen LogP contribution in [-0.4, -0.2) is 10.8 Å². The number of carbonyl (C=O) groups excluding carboxylic acids is 1. The van der Waals surface area contributed by atoms with Gasteiger partial charge in [-0.1, -0.05) is 60.1 Å². The van der Waals surface area contributed by atoms with Crippen LogP contribution in [0.1, 0.15) is 21.5 Å². The van der Waals surface area contributed by atoms with Crippen LogP contribution in [0, 0.1) is 6.92 Å². The molecule has 1 heterocycles. The number of rotatable bonds is 4. The van der Waals surface area contributed by atoms with Gasteiger partial charge in [0.25, 0.3) is 0 Å². The van der Waals surface area contributed by atoms with Crippen molar-refractivity contribution in [3.05, 3.63) is 101 Å². The molecule has 0 unspecified atom stereocenters. The molecule has 4 heteroatoms. The third kappa shape index (κ3) is 3.42. The average Bonchev–Trinajstić information content (AvgIpc) is 2.68. The average molecular weight is 373 g/mol. The molecule has 132 valence electrons. The lowest BCUT2D eigenvalue weighted by molar-refractivity contribution is 0.103. The maximum absolute atomic E-state index is 12.8. The number of nitrogens with one attached hydrogen (secondary N) is 1. The van der Waals surface area contributed by atoms with Gasteiger partial charge in [0.05, 0.1) is 16.9 Å². The van der Waals surface area contributed by atoms with Crippen molar-refractivity contribution in [3.63, 3.8) is 0 Å². The van der Waals surface area contributed by atoms with Crippen molar-refractivity contribution in [1.29, 1.82) is 0 Å². The molecule has 4 rings (SSSR count). The Labute approximate surface area is 162 Å². The highest BCUT2D eigenvalue weighted by Crippen LogP contribution is 2.29. The van der Waals surface area contributed by atoms with E-state index in [0.717, 1.165) is 27.7 Å². The van der Waals surface area contributed by atoms with E-state index in [2.05, 4.69) is 10.3 Å². The molecule has 0 spiro atoms. The summed E-state index contributed by atoms with van der Waals surface area (Å²) in [7, 11) is 0. The maximum Gasteiger partial charge on any atom is 0.194 e. The van der Waals surface area contributed by atoms with E-state index in [9.17, 15) is 4.79 Å². The second-order valence-electron chi connectivity index (χ2n) is 6.37. The SMILES string of the molecule is Cc1ccccc1C(=O)c1ccc(Nc2cncc3ccccc23)cc1Cl. The minimum absolute atomic E-state index is 0.0727. The molecule has 0 bridgehead atoms. The van der Waals surface area contributed by atoms with Gasteiger partial charge in [0, 0.05) is 33.8 Å². The molecule has 0 amide bonds. The van der Waals surface area contributed by atoms with Crippen LogP contribution in [0.3, 0.4) is 0 Å². The summed E-state index contributed by atoms with van der Waals surface area (Å²) in [6.45, 7) is 1.92. The topological polar surface area (TPSA) is 42.0 Å². The summed E-state index contributed by atoms with van der Waals surface area (Å²) in [4.78, 5) is 17.1. The molecule has 0 fully saturated rings. The number of hydrogen-bond acceptors (Lipinski definition) is 3. The molecule has 1 aromatic heterocycles. The Morgan fingerprint density at radius 1 is 0.926 bits per heavy atom. The maximum atomic E-state index is 12.8. The standard InChI is InChI=1S/C23H17ClN2O/c1-15-6-2-4-8-18(15)23(27)20-11-10-17(12-21(20)24)26-22-14-25-13-16-7-3-5-9-19(16)22/h2-14,26H,1H3. The van der Waals surface area contributed by atoms with Gasteiger partial charge in [0.2, 0.25) is 0 Å². The highest BCUT2D eigenvalue weighted by molar-refractivity contribution is 6.35. The normalized spacial score (nSPS) is 10.7. The smallest absolute Gasteiger partial charge is 0.194 e. The molecule has 0 aliphatic carbocycles. The van der Waals surface area contributed by atoms with Crippen molar-refractivity contribution in [1.82, 2.24) is 4.98 Å². The third-order valence-electron chi connectivity index (χ3n) is 4.55. The highest BCUT2D eigenvalue weighted by atomic mass is 35.5. The van der Waals surface area contributed by atoms with E-state index >= 15 is 0 Å². The number of aryl methyl sites for hydroxylation is 1. The first-order valence-corrected chi connectivity index (χ1v) is 9.01. The van der Waals surface area contributed by atoms with Crippen LogP contribution in [0.4, 0.5) is 11.4 Å². The van der Waals surface area contributed by atoms with E-state index in [1.807, 2.05) is 67.7 Å². The van der Waals surface area contributed by atoms with Gasteiger partial charge in [-0.05, 0) is 30.7 Å². The van der Waals surface area contributed by atoms with Crippen molar-refractivity contribution >= 4 is 39.5 Å². The first-order chi connectivity index (χ1) is 13.1. The van der Waals surface area contributed by atoms with Gasteiger partial charge >= 0.3 is 0 Å². The Morgan fingerprint density at radius 2 is 1.70 bits per heavy atom. The van der Waals surface area contributed by atoms with E-state index in [1.165, 1.54) is 0 Å². The summed E-state index contributed by atoms with van der Waals surface area (Å²) in [5, 5.41) is 5.89. The molecular formula is C23H17ClN2O. The number of ketones is 1. The molecule has 0 saturated carbocycles. The number of pyridine rings is 1. The summed E-state index contributed by atoms with van der Waals surface area (Å²) in [5.41, 5.74) is 3.79. The van der Waals surface area contributed by atoms with Crippen LogP contribution in [0.15, 0.2) is 79.1 Å². The number of benzene rings is 3. The Kier molecular flexibility index (Phi) is 4.61. The Morgan fingerprint density at radius 3 is 2.52 bits per heavy atom.